The van der Waals surface area contributed by atoms with E-state index in [2.05, 4.69) is 9.93 Å². The number of rotatable bonds is 6. The lowest BCUT2D eigenvalue weighted by molar-refractivity contribution is 0.340. The van der Waals surface area contributed by atoms with Gasteiger partial charge in [-0.05, 0) is 43.3 Å². The summed E-state index contributed by atoms with van der Waals surface area (Å²) in [6.45, 7) is 2.40. The van der Waals surface area contributed by atoms with E-state index in [4.69, 9.17) is 4.74 Å². The Labute approximate surface area is 124 Å². The van der Waals surface area contributed by atoms with Crippen LogP contribution in [0.5, 0.6) is 5.75 Å². The maximum atomic E-state index is 12.0. The molecule has 0 aliphatic carbocycles. The highest BCUT2D eigenvalue weighted by molar-refractivity contribution is 7.89. The van der Waals surface area contributed by atoms with Crippen molar-refractivity contribution in [1.29, 1.82) is 0 Å². The summed E-state index contributed by atoms with van der Waals surface area (Å²) in [7, 11) is -1.82. The predicted octanol–water partition coefficient (Wildman–Crippen LogP) is 1.74. The number of benzene rings is 1. The lowest BCUT2D eigenvalue weighted by atomic mass is 10.3. The molecule has 6 nitrogen and oxygen atoms in total. The van der Waals surface area contributed by atoms with Crippen molar-refractivity contribution in [2.75, 3.05) is 6.61 Å². The lowest BCUT2D eigenvalue weighted by Gasteiger charge is -2.05. The second kappa shape index (κ2) is 6.45. The SMILES string of the molecule is CCOc1ccc(S(=O)(=O)N/N=C/c2cccn2C)cc1. The van der Waals surface area contributed by atoms with E-state index in [-0.39, 0.29) is 4.90 Å². The van der Waals surface area contributed by atoms with Gasteiger partial charge in [-0.25, -0.2) is 4.83 Å². The van der Waals surface area contributed by atoms with Crippen molar-refractivity contribution in [3.05, 3.63) is 48.3 Å². The number of ether oxygens (including phenoxy) is 1. The van der Waals surface area contributed by atoms with Crippen LogP contribution in [0, 0.1) is 0 Å². The number of nitrogens with zero attached hydrogens (tertiary/aromatic N) is 2. The summed E-state index contributed by atoms with van der Waals surface area (Å²) in [6.07, 6.45) is 3.30. The Morgan fingerprint density at radius 1 is 1.29 bits per heavy atom. The molecule has 0 spiro atoms. The summed E-state index contributed by atoms with van der Waals surface area (Å²) in [5, 5.41) is 3.77. The highest BCUT2D eigenvalue weighted by Gasteiger charge is 2.12. The zero-order valence-corrected chi connectivity index (χ0v) is 12.7. The molecule has 1 aromatic heterocycles. The van der Waals surface area contributed by atoms with Gasteiger partial charge in [-0.1, -0.05) is 0 Å². The van der Waals surface area contributed by atoms with E-state index >= 15 is 0 Å². The molecule has 1 aromatic carbocycles. The summed E-state index contributed by atoms with van der Waals surface area (Å²) in [4.78, 5) is 2.31. The number of sulfonamides is 1. The van der Waals surface area contributed by atoms with Crippen LogP contribution < -0.4 is 9.57 Å². The van der Waals surface area contributed by atoms with Crippen molar-refractivity contribution in [3.63, 3.8) is 0 Å². The fourth-order valence-corrected chi connectivity index (χ4v) is 2.50. The summed E-state index contributed by atoms with van der Waals surface area (Å²) in [5.41, 5.74) is 0.796. The lowest BCUT2D eigenvalue weighted by Crippen LogP contribution is -2.18. The molecule has 0 unspecified atom stereocenters. The Morgan fingerprint density at radius 3 is 2.57 bits per heavy atom. The minimum Gasteiger partial charge on any atom is -0.494 e. The van der Waals surface area contributed by atoms with Crippen LogP contribution in [0.25, 0.3) is 0 Å². The molecule has 21 heavy (non-hydrogen) atoms. The van der Waals surface area contributed by atoms with E-state index in [0.717, 1.165) is 5.69 Å². The van der Waals surface area contributed by atoms with Crippen LogP contribution in [0.1, 0.15) is 12.6 Å². The van der Waals surface area contributed by atoms with Crippen molar-refractivity contribution in [2.24, 2.45) is 12.1 Å². The number of hydrogen-bond acceptors (Lipinski definition) is 4. The third kappa shape index (κ3) is 3.85. The molecular weight excluding hydrogens is 290 g/mol. The number of hydrazone groups is 1. The number of aryl methyl sites for hydroxylation is 1. The van der Waals surface area contributed by atoms with Gasteiger partial charge in [0.1, 0.15) is 5.75 Å². The van der Waals surface area contributed by atoms with Crippen LogP contribution in [0.3, 0.4) is 0 Å². The third-order valence-electron chi connectivity index (χ3n) is 2.80. The molecule has 0 radical (unpaired) electrons. The molecule has 0 bridgehead atoms. The van der Waals surface area contributed by atoms with Crippen molar-refractivity contribution >= 4 is 16.2 Å². The molecule has 0 atom stereocenters. The van der Waals surface area contributed by atoms with Gasteiger partial charge in [0, 0.05) is 13.2 Å². The summed E-state index contributed by atoms with van der Waals surface area (Å²) < 4.78 is 31.2. The molecule has 0 fully saturated rings. The Bertz CT molecular complexity index is 718. The molecule has 112 valence electrons. The van der Waals surface area contributed by atoms with Gasteiger partial charge in [0.05, 0.1) is 23.4 Å². The molecule has 0 amide bonds. The molecule has 0 saturated carbocycles. The van der Waals surface area contributed by atoms with Gasteiger partial charge in [0.25, 0.3) is 10.0 Å². The molecule has 1 heterocycles. The highest BCUT2D eigenvalue weighted by Crippen LogP contribution is 2.15. The topological polar surface area (TPSA) is 72.7 Å². The van der Waals surface area contributed by atoms with E-state index in [9.17, 15) is 8.42 Å². The smallest absolute Gasteiger partial charge is 0.276 e. The first-order chi connectivity index (χ1) is 10.0. The molecule has 0 aliphatic heterocycles. The van der Waals surface area contributed by atoms with E-state index in [0.29, 0.717) is 12.4 Å². The minimum atomic E-state index is -3.67. The number of nitrogens with one attached hydrogen (secondary N) is 1. The van der Waals surface area contributed by atoms with E-state index < -0.39 is 10.0 Å². The Balaban J connectivity index is 2.08. The molecule has 7 heteroatoms. The maximum Gasteiger partial charge on any atom is 0.276 e. The molecule has 0 aliphatic rings. The predicted molar refractivity (Wildman–Crippen MR) is 80.9 cm³/mol. The van der Waals surface area contributed by atoms with E-state index in [1.165, 1.54) is 18.3 Å². The first kappa shape index (κ1) is 15.1. The van der Waals surface area contributed by atoms with E-state index in [1.807, 2.05) is 36.9 Å². The Kier molecular flexibility index (Phi) is 4.64. The first-order valence-corrected chi connectivity index (χ1v) is 7.90. The quantitative estimate of drug-likeness (QED) is 0.652. The van der Waals surface area contributed by atoms with Crippen molar-refractivity contribution in [1.82, 2.24) is 9.40 Å². The summed E-state index contributed by atoms with van der Waals surface area (Å²) in [6, 6.07) is 9.85. The number of aromatic nitrogens is 1. The normalized spacial score (nSPS) is 11.7. The largest absolute Gasteiger partial charge is 0.494 e. The Morgan fingerprint density at radius 2 is 2.00 bits per heavy atom. The van der Waals surface area contributed by atoms with Gasteiger partial charge < -0.3 is 9.30 Å². The molecule has 0 saturated heterocycles. The Hall–Kier alpha value is -2.28. The zero-order valence-electron chi connectivity index (χ0n) is 11.9. The second-order valence-corrected chi connectivity index (χ2v) is 5.96. The van der Waals surface area contributed by atoms with Gasteiger partial charge >= 0.3 is 0 Å². The fraction of sp³-hybridized carbons (Fsp3) is 0.214. The fourth-order valence-electron chi connectivity index (χ4n) is 1.70. The minimum absolute atomic E-state index is 0.134. The average Bonchev–Trinajstić information content (AvgIpc) is 2.85. The van der Waals surface area contributed by atoms with Crippen molar-refractivity contribution < 1.29 is 13.2 Å². The van der Waals surface area contributed by atoms with Gasteiger partial charge in [-0.3, -0.25) is 0 Å². The van der Waals surface area contributed by atoms with Crippen LogP contribution >= 0.6 is 0 Å². The van der Waals surface area contributed by atoms with Gasteiger partial charge in [-0.2, -0.15) is 13.5 Å². The van der Waals surface area contributed by atoms with Crippen LogP contribution in [0.2, 0.25) is 0 Å². The molecule has 1 N–H and O–H groups in total. The molecule has 2 aromatic rings. The van der Waals surface area contributed by atoms with Crippen molar-refractivity contribution in [2.45, 2.75) is 11.8 Å². The maximum absolute atomic E-state index is 12.0. The average molecular weight is 307 g/mol. The van der Waals surface area contributed by atoms with Gasteiger partial charge in [0.2, 0.25) is 0 Å². The van der Waals surface area contributed by atoms with Crippen LogP contribution in [0.15, 0.2) is 52.6 Å². The number of hydrogen-bond donors (Lipinski definition) is 1. The van der Waals surface area contributed by atoms with Crippen LogP contribution in [0.4, 0.5) is 0 Å². The summed E-state index contributed by atoms with van der Waals surface area (Å²) >= 11 is 0. The van der Waals surface area contributed by atoms with Crippen LogP contribution in [-0.4, -0.2) is 25.8 Å². The highest BCUT2D eigenvalue weighted by atomic mass is 32.2. The molecule has 2 rings (SSSR count). The zero-order chi connectivity index (χ0) is 15.3. The second-order valence-electron chi connectivity index (χ2n) is 4.30. The van der Waals surface area contributed by atoms with Gasteiger partial charge in [0.15, 0.2) is 0 Å². The first-order valence-electron chi connectivity index (χ1n) is 6.42. The molecular formula is C14H17N3O3S. The monoisotopic (exact) mass is 307 g/mol. The van der Waals surface area contributed by atoms with E-state index in [1.54, 1.807) is 12.1 Å². The van der Waals surface area contributed by atoms with Crippen molar-refractivity contribution in [3.8, 4) is 5.75 Å². The van der Waals surface area contributed by atoms with Gasteiger partial charge in [-0.15, -0.1) is 0 Å². The third-order valence-corrected chi connectivity index (χ3v) is 4.04. The standard InChI is InChI=1S/C14H17N3O3S/c1-3-20-13-6-8-14(9-7-13)21(18,19)16-15-11-12-5-4-10-17(12)2/h4-11,16H,3H2,1-2H3/b15-11+. The summed E-state index contributed by atoms with van der Waals surface area (Å²) in [5.74, 6) is 0.628. The van der Waals surface area contributed by atoms with Crippen LogP contribution in [-0.2, 0) is 17.1 Å².